The second kappa shape index (κ2) is 2.73. The molecule has 0 saturated heterocycles. The predicted octanol–water partition coefficient (Wildman–Crippen LogP) is 3.95. The summed E-state index contributed by atoms with van der Waals surface area (Å²) >= 11 is 0. The van der Waals surface area contributed by atoms with Crippen molar-refractivity contribution in [3.8, 4) is 0 Å². The molecule has 0 aromatic carbocycles. The normalized spacial score (nSPS) is 37.7. The van der Waals surface area contributed by atoms with E-state index >= 15 is 0 Å². The highest BCUT2D eigenvalue weighted by Crippen LogP contribution is 2.67. The van der Waals surface area contributed by atoms with Crippen LogP contribution in [0, 0.1) is 17.3 Å². The first-order chi connectivity index (χ1) is 6.13. The number of allylic oxidation sites excluding steroid dienone is 3. The van der Waals surface area contributed by atoms with Crippen molar-refractivity contribution in [2.24, 2.45) is 17.3 Å². The molecule has 0 N–H and O–H groups in total. The first-order valence-corrected chi connectivity index (χ1v) is 5.45. The SMILES string of the molecule is C=CC1=C(C)CCC2CC12C(C)C. The van der Waals surface area contributed by atoms with E-state index in [0.29, 0.717) is 5.41 Å². The van der Waals surface area contributed by atoms with E-state index < -0.39 is 0 Å². The number of fused-ring (bicyclic) bond motifs is 1. The van der Waals surface area contributed by atoms with Gasteiger partial charge in [-0.15, -0.1) is 0 Å². The molecule has 0 radical (unpaired) electrons. The molecule has 0 bridgehead atoms. The quantitative estimate of drug-likeness (QED) is 0.597. The van der Waals surface area contributed by atoms with Gasteiger partial charge in [-0.05, 0) is 43.6 Å². The van der Waals surface area contributed by atoms with Gasteiger partial charge in [0.25, 0.3) is 0 Å². The largest absolute Gasteiger partial charge is 0.0988 e. The summed E-state index contributed by atoms with van der Waals surface area (Å²) in [5.74, 6) is 1.77. The zero-order valence-corrected chi connectivity index (χ0v) is 9.06. The van der Waals surface area contributed by atoms with Crippen molar-refractivity contribution in [1.29, 1.82) is 0 Å². The fourth-order valence-corrected chi connectivity index (χ4v) is 3.34. The smallest absolute Gasteiger partial charge is 0.000682 e. The Bertz CT molecular complexity index is 270. The summed E-state index contributed by atoms with van der Waals surface area (Å²) < 4.78 is 0. The van der Waals surface area contributed by atoms with Crippen molar-refractivity contribution >= 4 is 0 Å². The molecule has 13 heavy (non-hydrogen) atoms. The first-order valence-electron chi connectivity index (χ1n) is 5.45. The van der Waals surface area contributed by atoms with Gasteiger partial charge in [0.05, 0.1) is 0 Å². The van der Waals surface area contributed by atoms with Gasteiger partial charge >= 0.3 is 0 Å². The highest BCUT2D eigenvalue weighted by Gasteiger charge is 2.58. The molecule has 1 saturated carbocycles. The van der Waals surface area contributed by atoms with Gasteiger partial charge in [0, 0.05) is 5.41 Å². The molecular formula is C13H20. The van der Waals surface area contributed by atoms with E-state index in [4.69, 9.17) is 0 Å². The molecule has 2 atom stereocenters. The minimum Gasteiger partial charge on any atom is -0.0988 e. The maximum Gasteiger partial charge on any atom is 0.000682 e. The Kier molecular flexibility index (Phi) is 1.90. The summed E-state index contributed by atoms with van der Waals surface area (Å²) in [5.41, 5.74) is 3.72. The molecule has 0 aliphatic heterocycles. The van der Waals surface area contributed by atoms with Crippen molar-refractivity contribution in [2.45, 2.75) is 40.0 Å². The third-order valence-corrected chi connectivity index (χ3v) is 4.22. The molecule has 1 fully saturated rings. The lowest BCUT2D eigenvalue weighted by Gasteiger charge is -2.29. The molecule has 0 amide bonds. The Labute approximate surface area is 81.7 Å². The van der Waals surface area contributed by atoms with Crippen molar-refractivity contribution in [3.63, 3.8) is 0 Å². The summed E-state index contributed by atoms with van der Waals surface area (Å²) in [6, 6.07) is 0. The van der Waals surface area contributed by atoms with Crippen LogP contribution in [0.1, 0.15) is 40.0 Å². The number of hydrogen-bond acceptors (Lipinski definition) is 0. The van der Waals surface area contributed by atoms with Crippen LogP contribution in [0.2, 0.25) is 0 Å². The third kappa shape index (κ3) is 1.04. The lowest BCUT2D eigenvalue weighted by Crippen LogP contribution is -2.19. The highest BCUT2D eigenvalue weighted by atomic mass is 14.6. The van der Waals surface area contributed by atoms with E-state index in [-0.39, 0.29) is 0 Å². The van der Waals surface area contributed by atoms with Crippen molar-refractivity contribution < 1.29 is 0 Å². The Balaban J connectivity index is 2.41. The average Bonchev–Trinajstić information content (AvgIpc) is 2.79. The molecule has 2 aliphatic carbocycles. The first kappa shape index (κ1) is 9.05. The highest BCUT2D eigenvalue weighted by molar-refractivity contribution is 5.40. The van der Waals surface area contributed by atoms with E-state index in [1.54, 1.807) is 11.1 Å². The van der Waals surface area contributed by atoms with Gasteiger partial charge in [0.15, 0.2) is 0 Å². The number of rotatable bonds is 2. The van der Waals surface area contributed by atoms with Gasteiger partial charge in [-0.2, -0.15) is 0 Å². The van der Waals surface area contributed by atoms with Gasteiger partial charge in [-0.1, -0.05) is 32.1 Å². The third-order valence-electron chi connectivity index (χ3n) is 4.22. The Morgan fingerprint density at radius 1 is 1.54 bits per heavy atom. The zero-order chi connectivity index (χ0) is 9.64. The fourth-order valence-electron chi connectivity index (χ4n) is 3.34. The molecular weight excluding hydrogens is 156 g/mol. The summed E-state index contributed by atoms with van der Waals surface area (Å²) in [5, 5.41) is 0. The summed E-state index contributed by atoms with van der Waals surface area (Å²) in [6.45, 7) is 11.0. The Morgan fingerprint density at radius 3 is 2.69 bits per heavy atom. The minimum absolute atomic E-state index is 0.546. The molecule has 0 heterocycles. The van der Waals surface area contributed by atoms with Crippen LogP contribution in [0.3, 0.4) is 0 Å². The zero-order valence-electron chi connectivity index (χ0n) is 9.06. The van der Waals surface area contributed by atoms with Crippen LogP contribution < -0.4 is 0 Å². The van der Waals surface area contributed by atoms with Crippen LogP contribution in [-0.4, -0.2) is 0 Å². The second-order valence-corrected chi connectivity index (χ2v) is 5.03. The van der Waals surface area contributed by atoms with Crippen LogP contribution in [0.25, 0.3) is 0 Å². The summed E-state index contributed by atoms with van der Waals surface area (Å²) in [4.78, 5) is 0. The monoisotopic (exact) mass is 176 g/mol. The minimum atomic E-state index is 0.546. The molecule has 0 spiro atoms. The van der Waals surface area contributed by atoms with E-state index in [1.807, 2.05) is 0 Å². The lowest BCUT2D eigenvalue weighted by atomic mass is 9.75. The van der Waals surface area contributed by atoms with Crippen molar-refractivity contribution in [2.75, 3.05) is 0 Å². The molecule has 72 valence electrons. The molecule has 2 aliphatic rings. The molecule has 2 unspecified atom stereocenters. The van der Waals surface area contributed by atoms with Crippen LogP contribution in [-0.2, 0) is 0 Å². The van der Waals surface area contributed by atoms with E-state index in [1.165, 1.54) is 19.3 Å². The fraction of sp³-hybridized carbons (Fsp3) is 0.692. The Hall–Kier alpha value is -0.520. The van der Waals surface area contributed by atoms with E-state index in [2.05, 4.69) is 33.4 Å². The molecule has 2 rings (SSSR count). The maximum absolute atomic E-state index is 3.98. The Morgan fingerprint density at radius 2 is 2.23 bits per heavy atom. The van der Waals surface area contributed by atoms with Crippen molar-refractivity contribution in [1.82, 2.24) is 0 Å². The standard InChI is InChI=1S/C13H20/c1-5-12-10(4)6-7-11-8-13(11,12)9(2)3/h5,9,11H,1,6-8H2,2-4H3. The van der Waals surface area contributed by atoms with E-state index in [0.717, 1.165) is 11.8 Å². The average molecular weight is 176 g/mol. The number of hydrogen-bond donors (Lipinski definition) is 0. The van der Waals surface area contributed by atoms with Gasteiger partial charge in [-0.3, -0.25) is 0 Å². The molecule has 0 aromatic rings. The second-order valence-electron chi connectivity index (χ2n) is 5.03. The summed E-state index contributed by atoms with van der Waals surface area (Å²) in [7, 11) is 0. The van der Waals surface area contributed by atoms with Crippen LogP contribution in [0.5, 0.6) is 0 Å². The van der Waals surface area contributed by atoms with Gasteiger partial charge in [0.2, 0.25) is 0 Å². The predicted molar refractivity (Wildman–Crippen MR) is 57.5 cm³/mol. The van der Waals surface area contributed by atoms with Gasteiger partial charge < -0.3 is 0 Å². The van der Waals surface area contributed by atoms with E-state index in [9.17, 15) is 0 Å². The summed E-state index contributed by atoms with van der Waals surface area (Å²) in [6.07, 6.45) is 6.26. The maximum atomic E-state index is 3.98. The molecule has 0 aromatic heterocycles. The van der Waals surface area contributed by atoms with Crippen LogP contribution >= 0.6 is 0 Å². The van der Waals surface area contributed by atoms with Crippen molar-refractivity contribution in [3.05, 3.63) is 23.8 Å². The topological polar surface area (TPSA) is 0 Å². The van der Waals surface area contributed by atoms with Gasteiger partial charge in [0.1, 0.15) is 0 Å². The van der Waals surface area contributed by atoms with Crippen LogP contribution in [0.15, 0.2) is 23.8 Å². The molecule has 0 heteroatoms. The van der Waals surface area contributed by atoms with Gasteiger partial charge in [-0.25, -0.2) is 0 Å². The lowest BCUT2D eigenvalue weighted by molar-refractivity contribution is 0.363. The van der Waals surface area contributed by atoms with Crippen LogP contribution in [0.4, 0.5) is 0 Å². The molecule has 0 nitrogen and oxygen atoms in total.